The van der Waals surface area contributed by atoms with Gasteiger partial charge in [0.2, 0.25) is 0 Å². The van der Waals surface area contributed by atoms with Crippen LogP contribution in [0.3, 0.4) is 0 Å². The van der Waals surface area contributed by atoms with Crippen molar-refractivity contribution in [2.45, 2.75) is 26.7 Å². The Morgan fingerprint density at radius 1 is 1.25 bits per heavy atom. The number of hydrogen-bond donors (Lipinski definition) is 0. The highest BCUT2D eigenvalue weighted by molar-refractivity contribution is 7.12. The molecule has 0 spiro atoms. The molecule has 0 unspecified atom stereocenters. The predicted molar refractivity (Wildman–Crippen MR) is 85.6 cm³/mol. The summed E-state index contributed by atoms with van der Waals surface area (Å²) in [5, 5.41) is 1.97. The van der Waals surface area contributed by atoms with Crippen LogP contribution in [-0.2, 0) is 0 Å². The van der Waals surface area contributed by atoms with Crippen molar-refractivity contribution in [2.75, 3.05) is 39.3 Å². The fourth-order valence-electron chi connectivity index (χ4n) is 2.74. The third-order valence-corrected chi connectivity index (χ3v) is 4.67. The summed E-state index contributed by atoms with van der Waals surface area (Å²) >= 11 is 1.55. The number of ketones is 1. The highest BCUT2D eigenvalue weighted by Crippen LogP contribution is 2.13. The van der Waals surface area contributed by atoms with Gasteiger partial charge in [-0.2, -0.15) is 0 Å². The molecule has 1 aliphatic heterocycles. The second kappa shape index (κ2) is 7.91. The Morgan fingerprint density at radius 3 is 2.55 bits per heavy atom. The van der Waals surface area contributed by atoms with Crippen LogP contribution in [0.2, 0.25) is 0 Å². The van der Waals surface area contributed by atoms with E-state index in [1.807, 2.05) is 17.5 Å². The third-order valence-electron chi connectivity index (χ3n) is 3.76. The van der Waals surface area contributed by atoms with Gasteiger partial charge in [-0.15, -0.1) is 11.3 Å². The van der Waals surface area contributed by atoms with Crippen molar-refractivity contribution in [1.82, 2.24) is 9.80 Å². The maximum atomic E-state index is 11.9. The molecule has 1 saturated heterocycles. The lowest BCUT2D eigenvalue weighted by Crippen LogP contribution is -2.47. The Kier molecular flexibility index (Phi) is 6.20. The summed E-state index contributed by atoms with van der Waals surface area (Å²) in [4.78, 5) is 17.9. The SMILES string of the molecule is CC(C)CN1CCN(CCCC(=O)c2cccs2)CC1. The summed E-state index contributed by atoms with van der Waals surface area (Å²) in [6.07, 6.45) is 1.67. The van der Waals surface area contributed by atoms with E-state index in [0.717, 1.165) is 36.9 Å². The zero-order chi connectivity index (χ0) is 14.4. The van der Waals surface area contributed by atoms with E-state index in [9.17, 15) is 4.79 Å². The average Bonchev–Trinajstić information content (AvgIpc) is 2.94. The summed E-state index contributed by atoms with van der Waals surface area (Å²) < 4.78 is 0. The van der Waals surface area contributed by atoms with Crippen molar-refractivity contribution >= 4 is 17.1 Å². The van der Waals surface area contributed by atoms with E-state index in [4.69, 9.17) is 0 Å². The topological polar surface area (TPSA) is 23.6 Å². The Balaban J connectivity index is 1.60. The first-order valence-electron chi connectivity index (χ1n) is 7.66. The van der Waals surface area contributed by atoms with Crippen LogP contribution in [0.5, 0.6) is 0 Å². The number of carbonyl (C=O) groups is 1. The van der Waals surface area contributed by atoms with E-state index in [1.165, 1.54) is 19.6 Å². The number of thiophene rings is 1. The Hall–Kier alpha value is -0.710. The molecule has 1 aromatic rings. The van der Waals surface area contributed by atoms with Crippen molar-refractivity contribution in [1.29, 1.82) is 0 Å². The van der Waals surface area contributed by atoms with Crippen molar-refractivity contribution in [3.05, 3.63) is 22.4 Å². The standard InChI is InChI=1S/C16H26N2OS/c1-14(2)13-18-10-8-17(9-11-18)7-3-5-15(19)16-6-4-12-20-16/h4,6,12,14H,3,5,7-11,13H2,1-2H3. The third kappa shape index (κ3) is 5.00. The molecule has 0 saturated carbocycles. The summed E-state index contributed by atoms with van der Waals surface area (Å²) in [5.74, 6) is 1.06. The molecule has 1 fully saturated rings. The molecule has 0 bridgehead atoms. The van der Waals surface area contributed by atoms with Gasteiger partial charge in [0.25, 0.3) is 0 Å². The first-order chi connectivity index (χ1) is 9.65. The number of piperazine rings is 1. The molecule has 0 atom stereocenters. The quantitative estimate of drug-likeness (QED) is 0.722. The lowest BCUT2D eigenvalue weighted by Gasteiger charge is -2.35. The van der Waals surface area contributed by atoms with Gasteiger partial charge in [0, 0.05) is 39.1 Å². The molecule has 0 N–H and O–H groups in total. The molecule has 0 radical (unpaired) electrons. The first-order valence-corrected chi connectivity index (χ1v) is 8.54. The number of hydrogen-bond acceptors (Lipinski definition) is 4. The molecule has 20 heavy (non-hydrogen) atoms. The fourth-order valence-corrected chi connectivity index (χ4v) is 3.43. The van der Waals surface area contributed by atoms with E-state index >= 15 is 0 Å². The highest BCUT2D eigenvalue weighted by atomic mass is 32.1. The second-order valence-electron chi connectivity index (χ2n) is 6.04. The van der Waals surface area contributed by atoms with Crippen LogP contribution >= 0.6 is 11.3 Å². The monoisotopic (exact) mass is 294 g/mol. The van der Waals surface area contributed by atoms with E-state index < -0.39 is 0 Å². The second-order valence-corrected chi connectivity index (χ2v) is 6.99. The van der Waals surface area contributed by atoms with Crippen LogP contribution in [0, 0.1) is 5.92 Å². The number of Topliss-reactive ketones (excluding diaryl/α,β-unsaturated/α-hetero) is 1. The van der Waals surface area contributed by atoms with Crippen molar-refractivity contribution in [3.63, 3.8) is 0 Å². The normalized spacial score (nSPS) is 17.8. The van der Waals surface area contributed by atoms with Gasteiger partial charge in [-0.05, 0) is 30.3 Å². The van der Waals surface area contributed by atoms with Gasteiger partial charge < -0.3 is 9.80 Å². The molecule has 2 rings (SSSR count). The van der Waals surface area contributed by atoms with Crippen molar-refractivity contribution < 1.29 is 4.79 Å². The van der Waals surface area contributed by atoms with Crippen LogP contribution in [0.4, 0.5) is 0 Å². The minimum atomic E-state index is 0.304. The fraction of sp³-hybridized carbons (Fsp3) is 0.688. The molecule has 2 heterocycles. The Bertz CT molecular complexity index is 395. The van der Waals surface area contributed by atoms with E-state index in [0.29, 0.717) is 12.2 Å². The molecule has 112 valence electrons. The van der Waals surface area contributed by atoms with Gasteiger partial charge in [0.1, 0.15) is 0 Å². The number of rotatable bonds is 7. The summed E-state index contributed by atoms with van der Waals surface area (Å²) in [6.45, 7) is 11.5. The van der Waals surface area contributed by atoms with E-state index in [2.05, 4.69) is 23.6 Å². The van der Waals surface area contributed by atoms with Gasteiger partial charge in [-0.25, -0.2) is 0 Å². The first kappa shape index (κ1) is 15.7. The maximum absolute atomic E-state index is 11.9. The Labute approximate surface area is 126 Å². The van der Waals surface area contributed by atoms with Crippen molar-refractivity contribution in [2.24, 2.45) is 5.92 Å². The lowest BCUT2D eigenvalue weighted by molar-refractivity contribution is 0.0960. The molecule has 1 aromatic heterocycles. The lowest BCUT2D eigenvalue weighted by atomic mass is 10.1. The predicted octanol–water partition coefficient (Wildman–Crippen LogP) is 2.98. The van der Waals surface area contributed by atoms with Gasteiger partial charge in [0.05, 0.1) is 4.88 Å². The molecule has 3 nitrogen and oxygen atoms in total. The minimum absolute atomic E-state index is 0.304. The average molecular weight is 294 g/mol. The number of nitrogens with zero attached hydrogens (tertiary/aromatic N) is 2. The van der Waals surface area contributed by atoms with Crippen LogP contribution in [0.15, 0.2) is 17.5 Å². The van der Waals surface area contributed by atoms with E-state index in [-0.39, 0.29) is 0 Å². The number of carbonyl (C=O) groups excluding carboxylic acids is 1. The van der Waals surface area contributed by atoms with Crippen LogP contribution in [0.1, 0.15) is 36.4 Å². The smallest absolute Gasteiger partial charge is 0.172 e. The van der Waals surface area contributed by atoms with Crippen LogP contribution in [0.25, 0.3) is 0 Å². The van der Waals surface area contributed by atoms with Crippen LogP contribution < -0.4 is 0 Å². The molecule has 1 aliphatic rings. The van der Waals surface area contributed by atoms with Crippen LogP contribution in [-0.4, -0.2) is 54.9 Å². The molecule has 0 aromatic carbocycles. The molecule has 4 heteroatoms. The molecular formula is C16H26N2OS. The highest BCUT2D eigenvalue weighted by Gasteiger charge is 2.17. The molecule has 0 aliphatic carbocycles. The van der Waals surface area contributed by atoms with E-state index in [1.54, 1.807) is 11.3 Å². The summed E-state index contributed by atoms with van der Waals surface area (Å²) in [6, 6.07) is 3.88. The Morgan fingerprint density at radius 2 is 1.95 bits per heavy atom. The molecule has 0 amide bonds. The van der Waals surface area contributed by atoms with Gasteiger partial charge in [0.15, 0.2) is 5.78 Å². The zero-order valence-electron chi connectivity index (χ0n) is 12.7. The van der Waals surface area contributed by atoms with Gasteiger partial charge in [-0.1, -0.05) is 19.9 Å². The maximum Gasteiger partial charge on any atom is 0.172 e. The zero-order valence-corrected chi connectivity index (χ0v) is 13.5. The van der Waals surface area contributed by atoms with Gasteiger partial charge >= 0.3 is 0 Å². The summed E-state index contributed by atoms with van der Waals surface area (Å²) in [7, 11) is 0. The summed E-state index contributed by atoms with van der Waals surface area (Å²) in [5.41, 5.74) is 0. The molecular weight excluding hydrogens is 268 g/mol. The van der Waals surface area contributed by atoms with Crippen molar-refractivity contribution in [3.8, 4) is 0 Å². The van der Waals surface area contributed by atoms with Gasteiger partial charge in [-0.3, -0.25) is 4.79 Å². The minimum Gasteiger partial charge on any atom is -0.301 e. The largest absolute Gasteiger partial charge is 0.301 e.